The molecular formula is C22H25N7O2S. The number of fused-ring (bicyclic) bond motifs is 1. The van der Waals surface area contributed by atoms with Gasteiger partial charge in [0.15, 0.2) is 0 Å². The molecule has 0 atom stereocenters. The highest BCUT2D eigenvalue weighted by Crippen LogP contribution is 2.43. The fourth-order valence-corrected chi connectivity index (χ4v) is 4.54. The summed E-state index contributed by atoms with van der Waals surface area (Å²) in [6.45, 7) is 5.40. The number of primary amides is 1. The number of aliphatic imine (C=N–C) groups is 1. The van der Waals surface area contributed by atoms with E-state index in [-0.39, 0.29) is 4.88 Å². The number of nitrogens with one attached hydrogen (secondary N) is 1. The number of nitrogens with two attached hydrogens (primary N) is 2. The predicted molar refractivity (Wildman–Crippen MR) is 129 cm³/mol. The molecule has 0 bridgehead atoms. The first-order valence-electron chi connectivity index (χ1n) is 10.2. The monoisotopic (exact) mass is 451 g/mol. The summed E-state index contributed by atoms with van der Waals surface area (Å²) < 4.78 is 8.07. The van der Waals surface area contributed by atoms with Crippen LogP contribution in [0.3, 0.4) is 0 Å². The molecule has 1 amide bonds. The fourth-order valence-electron chi connectivity index (χ4n) is 3.58. The van der Waals surface area contributed by atoms with Crippen LogP contribution in [0, 0.1) is 13.8 Å². The second-order valence-electron chi connectivity index (χ2n) is 7.46. The van der Waals surface area contributed by atoms with Crippen LogP contribution >= 0.6 is 11.3 Å². The lowest BCUT2D eigenvalue weighted by Gasteiger charge is -2.14. The molecule has 0 fully saturated rings. The number of aromatic nitrogens is 3. The number of amides is 1. The molecule has 4 aromatic heterocycles. The number of carbonyl (C=O) groups is 1. The molecule has 0 saturated carbocycles. The summed E-state index contributed by atoms with van der Waals surface area (Å²) in [6.07, 6.45) is 8.08. The van der Waals surface area contributed by atoms with Gasteiger partial charge in [0.2, 0.25) is 0 Å². The number of thiophene rings is 1. The largest absolute Gasteiger partial charge is 0.461 e. The van der Waals surface area contributed by atoms with E-state index in [2.05, 4.69) is 15.3 Å². The van der Waals surface area contributed by atoms with Gasteiger partial charge in [0.05, 0.1) is 12.0 Å². The molecular weight excluding hydrogens is 426 g/mol. The van der Waals surface area contributed by atoms with Crippen LogP contribution in [0.4, 0.5) is 11.5 Å². The van der Waals surface area contributed by atoms with Crippen molar-refractivity contribution in [2.45, 2.75) is 26.8 Å². The second kappa shape index (κ2) is 8.83. The van der Waals surface area contributed by atoms with Crippen molar-refractivity contribution in [1.29, 1.82) is 0 Å². The van der Waals surface area contributed by atoms with E-state index in [0.29, 0.717) is 34.0 Å². The van der Waals surface area contributed by atoms with E-state index < -0.39 is 5.91 Å². The minimum atomic E-state index is -0.580. The number of furan rings is 1. The first-order valence-corrected chi connectivity index (χ1v) is 11.0. The molecule has 0 unspecified atom stereocenters. The molecule has 32 heavy (non-hydrogen) atoms. The van der Waals surface area contributed by atoms with E-state index in [1.807, 2.05) is 30.7 Å². The number of imidazole rings is 1. The van der Waals surface area contributed by atoms with Gasteiger partial charge in [-0.15, -0.1) is 11.3 Å². The Kier molecular flexibility index (Phi) is 5.95. The van der Waals surface area contributed by atoms with Gasteiger partial charge >= 0.3 is 0 Å². The van der Waals surface area contributed by atoms with Crippen molar-refractivity contribution >= 4 is 45.2 Å². The van der Waals surface area contributed by atoms with Gasteiger partial charge in [-0.3, -0.25) is 9.79 Å². The van der Waals surface area contributed by atoms with E-state index in [0.717, 1.165) is 35.4 Å². The molecule has 4 rings (SSSR count). The molecule has 0 aliphatic rings. The molecule has 0 saturated heterocycles. The number of rotatable bonds is 8. The third-order valence-corrected chi connectivity index (χ3v) is 6.37. The highest BCUT2D eigenvalue weighted by molar-refractivity contribution is 7.21. The maximum atomic E-state index is 12.0. The third kappa shape index (κ3) is 3.96. The molecule has 5 N–H and O–H groups in total. The van der Waals surface area contributed by atoms with Gasteiger partial charge in [-0.1, -0.05) is 0 Å². The van der Waals surface area contributed by atoms with Crippen molar-refractivity contribution in [1.82, 2.24) is 14.5 Å². The number of nitrogens with zero attached hydrogens (tertiary/aromatic N) is 4. The average Bonchev–Trinajstić information content (AvgIpc) is 3.46. The maximum Gasteiger partial charge on any atom is 0.260 e. The van der Waals surface area contributed by atoms with E-state index in [1.165, 1.54) is 11.3 Å². The van der Waals surface area contributed by atoms with Crippen molar-refractivity contribution in [3.05, 3.63) is 46.6 Å². The number of hydrogen-bond donors (Lipinski definition) is 3. The van der Waals surface area contributed by atoms with Gasteiger partial charge in [-0.2, -0.15) is 0 Å². The van der Waals surface area contributed by atoms with E-state index in [9.17, 15) is 4.79 Å². The van der Waals surface area contributed by atoms with Crippen molar-refractivity contribution < 1.29 is 9.21 Å². The summed E-state index contributed by atoms with van der Waals surface area (Å²) in [5, 5.41) is 4.06. The zero-order valence-electron chi connectivity index (χ0n) is 18.2. The molecule has 9 nitrogen and oxygen atoms in total. The molecule has 0 spiro atoms. The maximum absolute atomic E-state index is 12.0. The number of hydrogen-bond acceptors (Lipinski definition) is 8. The molecule has 4 aromatic rings. The van der Waals surface area contributed by atoms with E-state index in [4.69, 9.17) is 20.9 Å². The third-order valence-electron chi connectivity index (χ3n) is 5.25. The Morgan fingerprint density at radius 2 is 2.22 bits per heavy atom. The second-order valence-corrected chi connectivity index (χ2v) is 8.46. The lowest BCUT2D eigenvalue weighted by molar-refractivity contribution is 0.100. The van der Waals surface area contributed by atoms with Crippen LogP contribution < -0.4 is 16.8 Å². The summed E-state index contributed by atoms with van der Waals surface area (Å²) in [4.78, 5) is 25.9. The van der Waals surface area contributed by atoms with Crippen LogP contribution in [0.5, 0.6) is 0 Å². The van der Waals surface area contributed by atoms with Crippen LogP contribution in [0.15, 0.2) is 34.2 Å². The number of carbonyl (C=O) groups excluding carboxylic acids is 1. The number of anilines is 2. The molecule has 0 aromatic carbocycles. The minimum Gasteiger partial charge on any atom is -0.461 e. The lowest BCUT2D eigenvalue weighted by Crippen LogP contribution is -2.11. The molecule has 0 radical (unpaired) electrons. The van der Waals surface area contributed by atoms with Gasteiger partial charge in [0, 0.05) is 55.3 Å². The van der Waals surface area contributed by atoms with Gasteiger partial charge < -0.3 is 25.8 Å². The Hall–Kier alpha value is -3.66. The normalized spacial score (nSPS) is 11.6. The van der Waals surface area contributed by atoms with E-state index >= 15 is 0 Å². The summed E-state index contributed by atoms with van der Waals surface area (Å²) in [6, 6.07) is 1.96. The van der Waals surface area contributed by atoms with Gasteiger partial charge in [0.1, 0.15) is 27.0 Å². The summed E-state index contributed by atoms with van der Waals surface area (Å²) in [7, 11) is 1.70. The molecule has 166 valence electrons. The first kappa shape index (κ1) is 21.6. The summed E-state index contributed by atoms with van der Waals surface area (Å²) in [5.41, 5.74) is 14.8. The van der Waals surface area contributed by atoms with Gasteiger partial charge in [-0.25, -0.2) is 9.97 Å². The highest BCUT2D eigenvalue weighted by Gasteiger charge is 2.25. The average molecular weight is 452 g/mol. The van der Waals surface area contributed by atoms with Crippen molar-refractivity contribution in [3.8, 4) is 11.3 Å². The van der Waals surface area contributed by atoms with Crippen LogP contribution in [0.2, 0.25) is 0 Å². The first-order chi connectivity index (χ1) is 15.4. The summed E-state index contributed by atoms with van der Waals surface area (Å²) in [5.74, 6) is 1.52. The molecule has 4 heterocycles. The number of pyridine rings is 1. The van der Waals surface area contributed by atoms with Crippen molar-refractivity contribution in [2.75, 3.05) is 24.6 Å². The molecule has 0 aliphatic heterocycles. The highest BCUT2D eigenvalue weighted by atomic mass is 32.1. The van der Waals surface area contributed by atoms with Crippen LogP contribution in [0.25, 0.3) is 21.5 Å². The Bertz CT molecular complexity index is 1280. The number of nitrogen functional groups attached to an aromatic ring is 1. The van der Waals surface area contributed by atoms with Crippen LogP contribution in [-0.4, -0.2) is 40.2 Å². The van der Waals surface area contributed by atoms with E-state index in [1.54, 1.807) is 25.8 Å². The van der Waals surface area contributed by atoms with Crippen LogP contribution in [-0.2, 0) is 6.54 Å². The van der Waals surface area contributed by atoms with Gasteiger partial charge in [0.25, 0.3) is 5.91 Å². The molecule has 10 heteroatoms. The smallest absolute Gasteiger partial charge is 0.260 e. The summed E-state index contributed by atoms with van der Waals surface area (Å²) >= 11 is 1.18. The number of aryl methyl sites for hydroxylation is 3. The van der Waals surface area contributed by atoms with Crippen molar-refractivity contribution in [3.63, 3.8) is 0 Å². The Labute approximate surface area is 189 Å². The van der Waals surface area contributed by atoms with Gasteiger partial charge in [-0.05, 0) is 31.9 Å². The molecule has 0 aliphatic carbocycles. The standard InChI is InChI=1S/C22H25N7O2S/c1-12-9-15(31-13(12)2)16-14(10-25-3)21(27-5-4-7-29-8-6-26-11-29)28-22-17(16)18(23)19(32-22)20(24)30/h6,8-11H,4-5,7,23H2,1-3H3,(H2,24,30)(H,27,28). The Morgan fingerprint density at radius 1 is 1.41 bits per heavy atom. The predicted octanol–water partition coefficient (Wildman–Crippen LogP) is 3.60. The topological polar surface area (TPSA) is 137 Å². The zero-order valence-corrected chi connectivity index (χ0v) is 19.0. The fraction of sp³-hybridized carbons (Fsp3) is 0.273. The Balaban J connectivity index is 1.83. The van der Waals surface area contributed by atoms with Crippen LogP contribution in [0.1, 0.15) is 33.0 Å². The lowest BCUT2D eigenvalue weighted by atomic mass is 10.0. The minimum absolute atomic E-state index is 0.283. The zero-order chi connectivity index (χ0) is 22.8. The SMILES string of the molecule is CN=Cc1c(NCCCn2ccnc2)nc2sc(C(N)=O)c(N)c2c1-c1cc(C)c(C)o1. The Morgan fingerprint density at radius 3 is 2.84 bits per heavy atom. The quantitative estimate of drug-likeness (QED) is 0.276. The van der Waals surface area contributed by atoms with Crippen molar-refractivity contribution in [2.24, 2.45) is 10.7 Å².